The van der Waals surface area contributed by atoms with Crippen LogP contribution in [0.25, 0.3) is 0 Å². The summed E-state index contributed by atoms with van der Waals surface area (Å²) in [5, 5.41) is 0. The molecular formula is C32H43N3O4. The Morgan fingerprint density at radius 1 is 1.00 bits per heavy atom. The summed E-state index contributed by atoms with van der Waals surface area (Å²) in [5.74, 6) is 1.11. The Morgan fingerprint density at radius 2 is 1.77 bits per heavy atom. The average molecular weight is 534 g/mol. The van der Waals surface area contributed by atoms with Gasteiger partial charge in [0.05, 0.1) is 12.6 Å². The number of fused-ring (bicyclic) bond motifs is 1. The van der Waals surface area contributed by atoms with Crippen LogP contribution in [0.2, 0.25) is 0 Å². The van der Waals surface area contributed by atoms with Crippen LogP contribution in [0.3, 0.4) is 0 Å². The van der Waals surface area contributed by atoms with Gasteiger partial charge in [-0.15, -0.1) is 0 Å². The van der Waals surface area contributed by atoms with Crippen LogP contribution in [0.1, 0.15) is 60.9 Å². The number of hydrogen-bond acceptors (Lipinski definition) is 5. The van der Waals surface area contributed by atoms with E-state index in [4.69, 9.17) is 9.47 Å². The second kappa shape index (κ2) is 12.5. The van der Waals surface area contributed by atoms with Crippen LogP contribution in [-0.2, 0) is 20.7 Å². The maximum atomic E-state index is 13.7. The molecule has 0 radical (unpaired) electrons. The molecule has 1 saturated carbocycles. The number of ether oxygens (including phenoxy) is 2. The number of carbonyl (C=O) groups excluding carboxylic acids is 2. The van der Waals surface area contributed by atoms with Crippen LogP contribution >= 0.6 is 0 Å². The number of nitrogens with zero attached hydrogens (tertiary/aromatic N) is 3. The third-order valence-corrected chi connectivity index (χ3v) is 8.65. The standard InChI is InChI=1S/C32H43N3O4/c1-23-7-6-10-27(21-23)30-29-22-28(12-11-25(29)13-14-35(30)32(37)26-8-4-5-9-26)39-24(2)31(36)34-17-15-33(16-18-34)19-20-38-3/h6-7,10-12,21-22,24,26,30H,4-5,8-9,13-20H2,1-3H3. The molecule has 7 heteroatoms. The van der Waals surface area contributed by atoms with Gasteiger partial charge in [0.2, 0.25) is 5.91 Å². The van der Waals surface area contributed by atoms with E-state index in [9.17, 15) is 9.59 Å². The van der Waals surface area contributed by atoms with Crippen molar-refractivity contribution in [2.45, 2.75) is 58.1 Å². The molecular weight excluding hydrogens is 490 g/mol. The number of rotatable bonds is 8. The van der Waals surface area contributed by atoms with Crippen LogP contribution in [0, 0.1) is 12.8 Å². The number of piperazine rings is 1. The predicted molar refractivity (Wildman–Crippen MR) is 152 cm³/mol. The molecule has 2 fully saturated rings. The Balaban J connectivity index is 1.34. The van der Waals surface area contributed by atoms with Gasteiger partial charge in [-0.05, 0) is 61.9 Å². The van der Waals surface area contributed by atoms with Crippen LogP contribution in [0.15, 0.2) is 42.5 Å². The lowest BCUT2D eigenvalue weighted by Crippen LogP contribution is -2.52. The van der Waals surface area contributed by atoms with Crippen LogP contribution < -0.4 is 4.74 Å². The summed E-state index contributed by atoms with van der Waals surface area (Å²) in [4.78, 5) is 33.3. The predicted octanol–water partition coefficient (Wildman–Crippen LogP) is 4.22. The van der Waals surface area contributed by atoms with Crippen molar-refractivity contribution in [3.63, 3.8) is 0 Å². The lowest BCUT2D eigenvalue weighted by molar-refractivity contribution is -0.139. The van der Waals surface area contributed by atoms with Gasteiger partial charge < -0.3 is 19.3 Å². The molecule has 2 heterocycles. The Kier molecular flexibility index (Phi) is 8.88. The molecule has 39 heavy (non-hydrogen) atoms. The van der Waals surface area contributed by atoms with Gasteiger partial charge in [-0.2, -0.15) is 0 Å². The molecule has 2 atom stereocenters. The highest BCUT2D eigenvalue weighted by atomic mass is 16.5. The Morgan fingerprint density at radius 3 is 2.49 bits per heavy atom. The smallest absolute Gasteiger partial charge is 0.263 e. The van der Waals surface area contributed by atoms with E-state index in [0.717, 1.165) is 69.4 Å². The van der Waals surface area contributed by atoms with Crippen molar-refractivity contribution in [1.82, 2.24) is 14.7 Å². The van der Waals surface area contributed by atoms with E-state index < -0.39 is 6.10 Å². The van der Waals surface area contributed by atoms with Crippen LogP contribution in [-0.4, -0.2) is 85.6 Å². The first kappa shape index (κ1) is 27.7. The molecule has 0 aromatic heterocycles. The minimum absolute atomic E-state index is 0.0207. The van der Waals surface area contributed by atoms with Crippen LogP contribution in [0.5, 0.6) is 5.75 Å². The molecule has 0 bridgehead atoms. The summed E-state index contributed by atoms with van der Waals surface area (Å²) in [7, 11) is 1.72. The third kappa shape index (κ3) is 6.30. The zero-order chi connectivity index (χ0) is 27.4. The summed E-state index contributed by atoms with van der Waals surface area (Å²) in [6, 6.07) is 14.5. The highest BCUT2D eigenvalue weighted by molar-refractivity contribution is 5.81. The minimum Gasteiger partial charge on any atom is -0.481 e. The summed E-state index contributed by atoms with van der Waals surface area (Å²) in [6.45, 7) is 9.37. The van der Waals surface area contributed by atoms with Crippen molar-refractivity contribution < 1.29 is 19.1 Å². The van der Waals surface area contributed by atoms with E-state index in [0.29, 0.717) is 25.4 Å². The van der Waals surface area contributed by atoms with Crippen molar-refractivity contribution in [2.24, 2.45) is 5.92 Å². The maximum absolute atomic E-state index is 13.7. The first-order valence-corrected chi connectivity index (χ1v) is 14.6. The number of aryl methyl sites for hydroxylation is 1. The average Bonchev–Trinajstić information content (AvgIpc) is 3.50. The third-order valence-electron chi connectivity index (χ3n) is 8.65. The minimum atomic E-state index is -0.578. The molecule has 0 spiro atoms. The van der Waals surface area contributed by atoms with E-state index in [-0.39, 0.29) is 23.8 Å². The SMILES string of the molecule is COCCN1CCN(C(=O)C(C)Oc2ccc3c(c2)C(c2cccc(C)c2)N(C(=O)C2CCCC2)CC3)CC1. The fraction of sp³-hybridized carbons (Fsp3) is 0.562. The second-order valence-electron chi connectivity index (χ2n) is 11.4. The van der Waals surface area contributed by atoms with Gasteiger partial charge in [-0.1, -0.05) is 48.7 Å². The van der Waals surface area contributed by atoms with E-state index in [1.54, 1.807) is 7.11 Å². The fourth-order valence-corrected chi connectivity index (χ4v) is 6.43. The van der Waals surface area contributed by atoms with Crippen molar-refractivity contribution in [1.29, 1.82) is 0 Å². The summed E-state index contributed by atoms with van der Waals surface area (Å²) < 4.78 is 11.4. The molecule has 7 nitrogen and oxygen atoms in total. The molecule has 5 rings (SSSR count). The van der Waals surface area contributed by atoms with E-state index in [1.165, 1.54) is 11.1 Å². The lowest BCUT2D eigenvalue weighted by atomic mass is 9.86. The summed E-state index contributed by atoms with van der Waals surface area (Å²) >= 11 is 0. The quantitative estimate of drug-likeness (QED) is 0.509. The second-order valence-corrected chi connectivity index (χ2v) is 11.4. The van der Waals surface area contributed by atoms with Gasteiger partial charge in [0.1, 0.15) is 5.75 Å². The number of methoxy groups -OCH3 is 1. The normalized spacial score (nSPS) is 21.1. The Labute approximate surface area is 233 Å². The van der Waals surface area contributed by atoms with Crippen molar-refractivity contribution in [3.05, 3.63) is 64.7 Å². The highest BCUT2D eigenvalue weighted by Gasteiger charge is 2.36. The largest absolute Gasteiger partial charge is 0.481 e. The van der Waals surface area contributed by atoms with Crippen molar-refractivity contribution in [2.75, 3.05) is 53.0 Å². The van der Waals surface area contributed by atoms with Gasteiger partial charge >= 0.3 is 0 Å². The van der Waals surface area contributed by atoms with Crippen molar-refractivity contribution in [3.8, 4) is 5.75 Å². The van der Waals surface area contributed by atoms with Crippen LogP contribution in [0.4, 0.5) is 0 Å². The molecule has 210 valence electrons. The van der Waals surface area contributed by atoms with E-state index >= 15 is 0 Å². The molecule has 2 amide bonds. The number of benzene rings is 2. The number of hydrogen-bond donors (Lipinski definition) is 0. The first-order valence-electron chi connectivity index (χ1n) is 14.6. The molecule has 2 aromatic carbocycles. The zero-order valence-corrected chi connectivity index (χ0v) is 23.7. The van der Waals surface area contributed by atoms with Gasteiger partial charge in [-0.3, -0.25) is 14.5 Å². The van der Waals surface area contributed by atoms with Gasteiger partial charge in [-0.25, -0.2) is 0 Å². The summed E-state index contributed by atoms with van der Waals surface area (Å²) in [6.07, 6.45) is 4.52. The Hall–Kier alpha value is -2.90. The first-order chi connectivity index (χ1) is 18.9. The molecule has 1 saturated heterocycles. The van der Waals surface area contributed by atoms with Gasteiger partial charge in [0.15, 0.2) is 6.10 Å². The summed E-state index contributed by atoms with van der Waals surface area (Å²) in [5.41, 5.74) is 4.68. The van der Waals surface area contributed by atoms with Crippen molar-refractivity contribution >= 4 is 11.8 Å². The monoisotopic (exact) mass is 533 g/mol. The maximum Gasteiger partial charge on any atom is 0.263 e. The van der Waals surface area contributed by atoms with Gasteiger partial charge in [0.25, 0.3) is 5.91 Å². The molecule has 2 aromatic rings. The number of carbonyl (C=O) groups is 2. The molecule has 3 aliphatic rings. The van der Waals surface area contributed by atoms with Gasteiger partial charge in [0, 0.05) is 52.3 Å². The molecule has 0 N–H and O–H groups in total. The molecule has 1 aliphatic carbocycles. The van der Waals surface area contributed by atoms with E-state index in [2.05, 4.69) is 53.1 Å². The van der Waals surface area contributed by atoms with E-state index in [1.807, 2.05) is 17.9 Å². The molecule has 2 unspecified atom stereocenters. The number of amides is 2. The highest BCUT2D eigenvalue weighted by Crippen LogP contribution is 2.40. The molecule has 2 aliphatic heterocycles. The zero-order valence-electron chi connectivity index (χ0n) is 23.7. The Bertz CT molecular complexity index is 1150. The fourth-order valence-electron chi connectivity index (χ4n) is 6.43. The lowest BCUT2D eigenvalue weighted by Gasteiger charge is -2.39. The topological polar surface area (TPSA) is 62.3 Å².